The molecule has 0 saturated carbocycles. The highest BCUT2D eigenvalue weighted by Gasteiger charge is 2.18. The maximum Gasteiger partial charge on any atom is 0.261 e. The molecule has 1 N–H and O–H groups in total. The van der Waals surface area contributed by atoms with Gasteiger partial charge in [-0.2, -0.15) is 0 Å². The second-order valence-electron chi connectivity index (χ2n) is 6.89. The van der Waals surface area contributed by atoms with E-state index in [0.29, 0.717) is 28.8 Å². The number of anilines is 1. The van der Waals surface area contributed by atoms with Crippen LogP contribution in [-0.4, -0.2) is 46.5 Å². The van der Waals surface area contributed by atoms with Crippen molar-refractivity contribution in [1.29, 1.82) is 0 Å². The summed E-state index contributed by atoms with van der Waals surface area (Å²) in [5.41, 5.74) is 0.649. The average molecular weight is 475 g/mol. The van der Waals surface area contributed by atoms with Gasteiger partial charge in [0.05, 0.1) is 18.6 Å². The number of rotatable bonds is 9. The van der Waals surface area contributed by atoms with Gasteiger partial charge in [-0.15, -0.1) is 0 Å². The summed E-state index contributed by atoms with van der Waals surface area (Å²) >= 11 is 5.85. The summed E-state index contributed by atoms with van der Waals surface area (Å²) in [6, 6.07) is 19.3. The van der Waals surface area contributed by atoms with Crippen LogP contribution in [0.4, 0.5) is 5.69 Å². The van der Waals surface area contributed by atoms with E-state index in [1.807, 2.05) is 0 Å². The molecule has 7 nitrogen and oxygen atoms in total. The lowest BCUT2D eigenvalue weighted by Crippen LogP contribution is -2.31. The minimum Gasteiger partial charge on any atom is -0.497 e. The van der Waals surface area contributed by atoms with Gasteiger partial charge in [-0.1, -0.05) is 17.7 Å². The molecule has 0 aromatic heterocycles. The average Bonchev–Trinajstić information content (AvgIpc) is 2.80. The standard InChI is InChI=1S/C23H23ClN2O5S/c1-26(14-15-31-21-10-6-18(24)7-11-21)23(27)17-4-3-5-22(16-17)32(28,29)25-19-8-12-20(30-2)13-9-19/h3-13,16,25H,14-15H2,1-2H3. The topological polar surface area (TPSA) is 84.9 Å². The molecule has 0 radical (unpaired) electrons. The van der Waals surface area contributed by atoms with Crippen LogP contribution in [0.25, 0.3) is 0 Å². The Balaban J connectivity index is 1.64. The number of carbonyl (C=O) groups is 1. The van der Waals surface area contributed by atoms with Crippen LogP contribution in [-0.2, 0) is 10.0 Å². The minimum atomic E-state index is -3.87. The summed E-state index contributed by atoms with van der Waals surface area (Å²) in [4.78, 5) is 14.2. The number of nitrogens with zero attached hydrogens (tertiary/aromatic N) is 1. The second kappa shape index (κ2) is 10.4. The normalized spacial score (nSPS) is 11.0. The number of halogens is 1. The molecule has 0 aliphatic rings. The van der Waals surface area contributed by atoms with Crippen molar-refractivity contribution < 1.29 is 22.7 Å². The van der Waals surface area contributed by atoms with Crippen LogP contribution >= 0.6 is 11.6 Å². The van der Waals surface area contributed by atoms with Crippen molar-refractivity contribution in [2.45, 2.75) is 4.90 Å². The van der Waals surface area contributed by atoms with Gasteiger partial charge in [0.1, 0.15) is 18.1 Å². The lowest BCUT2D eigenvalue weighted by atomic mass is 10.2. The quantitative estimate of drug-likeness (QED) is 0.499. The molecule has 0 saturated heterocycles. The Kier molecular flexibility index (Phi) is 7.61. The lowest BCUT2D eigenvalue weighted by Gasteiger charge is -2.18. The first-order valence-electron chi connectivity index (χ1n) is 9.69. The molecule has 3 rings (SSSR count). The van der Waals surface area contributed by atoms with Crippen LogP contribution in [0, 0.1) is 0 Å². The van der Waals surface area contributed by atoms with Crippen molar-refractivity contribution in [3.05, 3.63) is 83.4 Å². The zero-order chi connectivity index (χ0) is 23.1. The van der Waals surface area contributed by atoms with E-state index in [-0.39, 0.29) is 23.0 Å². The largest absolute Gasteiger partial charge is 0.497 e. The number of sulfonamides is 1. The highest BCUT2D eigenvalue weighted by molar-refractivity contribution is 7.92. The van der Waals surface area contributed by atoms with Crippen LogP contribution in [0.3, 0.4) is 0 Å². The van der Waals surface area contributed by atoms with E-state index in [0.717, 1.165) is 0 Å². The SMILES string of the molecule is COc1ccc(NS(=O)(=O)c2cccc(C(=O)N(C)CCOc3ccc(Cl)cc3)c2)cc1. The number of methoxy groups -OCH3 is 1. The third kappa shape index (κ3) is 6.15. The molecule has 0 aliphatic heterocycles. The zero-order valence-electron chi connectivity index (χ0n) is 17.6. The first-order chi connectivity index (χ1) is 15.3. The smallest absolute Gasteiger partial charge is 0.261 e. The fourth-order valence-electron chi connectivity index (χ4n) is 2.82. The highest BCUT2D eigenvalue weighted by Crippen LogP contribution is 2.20. The Hall–Kier alpha value is -3.23. The van der Waals surface area contributed by atoms with Crippen LogP contribution in [0.2, 0.25) is 5.02 Å². The highest BCUT2D eigenvalue weighted by atomic mass is 35.5. The molecule has 3 aromatic rings. The van der Waals surface area contributed by atoms with Crippen molar-refractivity contribution in [3.63, 3.8) is 0 Å². The Bertz CT molecular complexity index is 1170. The number of nitrogens with one attached hydrogen (secondary N) is 1. The number of likely N-dealkylation sites (N-methyl/N-ethyl adjacent to an activating group) is 1. The van der Waals surface area contributed by atoms with E-state index in [9.17, 15) is 13.2 Å². The van der Waals surface area contributed by atoms with E-state index in [4.69, 9.17) is 21.1 Å². The van der Waals surface area contributed by atoms with Gasteiger partial charge in [0.2, 0.25) is 0 Å². The predicted molar refractivity (Wildman–Crippen MR) is 124 cm³/mol. The molecule has 9 heteroatoms. The van der Waals surface area contributed by atoms with Gasteiger partial charge in [0.25, 0.3) is 15.9 Å². The number of hydrogen-bond acceptors (Lipinski definition) is 5. The van der Waals surface area contributed by atoms with E-state index < -0.39 is 10.0 Å². The predicted octanol–water partition coefficient (Wildman–Crippen LogP) is 4.30. The van der Waals surface area contributed by atoms with Gasteiger partial charge in [-0.25, -0.2) is 8.42 Å². The van der Waals surface area contributed by atoms with Gasteiger partial charge < -0.3 is 14.4 Å². The minimum absolute atomic E-state index is 0.00928. The molecular weight excluding hydrogens is 452 g/mol. The molecular formula is C23H23ClN2O5S. The molecule has 0 atom stereocenters. The number of benzene rings is 3. The number of carbonyl (C=O) groups excluding carboxylic acids is 1. The van der Waals surface area contributed by atoms with E-state index >= 15 is 0 Å². The molecule has 0 aliphatic carbocycles. The molecule has 1 amide bonds. The van der Waals surface area contributed by atoms with Crippen LogP contribution in [0.5, 0.6) is 11.5 Å². The fourth-order valence-corrected chi connectivity index (χ4v) is 4.05. The van der Waals surface area contributed by atoms with Crippen LogP contribution in [0.1, 0.15) is 10.4 Å². The summed E-state index contributed by atoms with van der Waals surface area (Å²) in [7, 11) is -0.709. The van der Waals surface area contributed by atoms with Gasteiger partial charge >= 0.3 is 0 Å². The molecule has 0 bridgehead atoms. The number of ether oxygens (including phenoxy) is 2. The van der Waals surface area contributed by atoms with Gasteiger partial charge in [-0.3, -0.25) is 9.52 Å². The summed E-state index contributed by atoms with van der Waals surface area (Å²) in [5.74, 6) is 0.947. The summed E-state index contributed by atoms with van der Waals surface area (Å²) in [6.07, 6.45) is 0. The van der Waals surface area contributed by atoms with Crippen molar-refractivity contribution in [1.82, 2.24) is 4.90 Å². The van der Waals surface area contributed by atoms with Gasteiger partial charge in [0.15, 0.2) is 0 Å². The van der Waals surface area contributed by atoms with Crippen LogP contribution < -0.4 is 14.2 Å². The van der Waals surface area contributed by atoms with Crippen LogP contribution in [0.15, 0.2) is 77.7 Å². The first kappa shape index (κ1) is 23.4. The molecule has 0 unspecified atom stereocenters. The fraction of sp³-hybridized carbons (Fsp3) is 0.174. The van der Waals surface area contributed by atoms with E-state index in [1.54, 1.807) is 61.6 Å². The third-order valence-electron chi connectivity index (χ3n) is 4.59. The third-order valence-corrected chi connectivity index (χ3v) is 6.22. The Morgan fingerprint density at radius 3 is 2.31 bits per heavy atom. The molecule has 0 spiro atoms. The first-order valence-corrected chi connectivity index (χ1v) is 11.6. The van der Waals surface area contributed by atoms with E-state index in [1.165, 1.54) is 30.2 Å². The van der Waals surface area contributed by atoms with E-state index in [2.05, 4.69) is 4.72 Å². The number of amides is 1. The van der Waals surface area contributed by atoms with Crippen molar-refractivity contribution in [2.75, 3.05) is 32.0 Å². The molecule has 0 fully saturated rings. The molecule has 32 heavy (non-hydrogen) atoms. The maximum absolute atomic E-state index is 12.8. The van der Waals surface area contributed by atoms with Gasteiger partial charge in [0, 0.05) is 23.3 Å². The Morgan fingerprint density at radius 1 is 1.00 bits per heavy atom. The number of hydrogen-bond donors (Lipinski definition) is 1. The summed E-state index contributed by atoms with van der Waals surface area (Å²) in [6.45, 7) is 0.601. The van der Waals surface area contributed by atoms with Crippen molar-refractivity contribution >= 4 is 33.2 Å². The summed E-state index contributed by atoms with van der Waals surface area (Å²) in [5, 5.41) is 0.612. The lowest BCUT2D eigenvalue weighted by molar-refractivity contribution is 0.0773. The zero-order valence-corrected chi connectivity index (χ0v) is 19.2. The van der Waals surface area contributed by atoms with Crippen molar-refractivity contribution in [3.8, 4) is 11.5 Å². The molecule has 0 heterocycles. The van der Waals surface area contributed by atoms with Crippen molar-refractivity contribution in [2.24, 2.45) is 0 Å². The van der Waals surface area contributed by atoms with Gasteiger partial charge in [-0.05, 0) is 66.7 Å². The monoisotopic (exact) mass is 474 g/mol. The second-order valence-corrected chi connectivity index (χ2v) is 9.01. The maximum atomic E-state index is 12.8. The molecule has 168 valence electrons. The summed E-state index contributed by atoms with van der Waals surface area (Å²) < 4.78 is 38.7. The Labute approximate surface area is 192 Å². The molecule has 3 aromatic carbocycles. The Morgan fingerprint density at radius 2 is 1.66 bits per heavy atom.